The summed E-state index contributed by atoms with van der Waals surface area (Å²) in [6, 6.07) is 5.52. The van der Waals surface area contributed by atoms with Gasteiger partial charge in [-0.2, -0.15) is 0 Å². The van der Waals surface area contributed by atoms with Crippen molar-refractivity contribution in [1.29, 1.82) is 0 Å². The van der Waals surface area contributed by atoms with Crippen LogP contribution in [-0.4, -0.2) is 39.9 Å². The fourth-order valence-electron chi connectivity index (χ4n) is 1.36. The van der Waals surface area contributed by atoms with E-state index in [1.54, 1.807) is 20.3 Å². The molecule has 5 nitrogen and oxygen atoms in total. The van der Waals surface area contributed by atoms with Crippen LogP contribution in [0.4, 0.5) is 5.69 Å². The topological polar surface area (TPSA) is 56.8 Å². The Bertz CT molecular complexity index is 393. The zero-order chi connectivity index (χ0) is 13.4. The summed E-state index contributed by atoms with van der Waals surface area (Å²) in [7, 11) is 3.17. The Morgan fingerprint density at radius 2 is 2.06 bits per heavy atom. The van der Waals surface area contributed by atoms with Gasteiger partial charge >= 0.3 is 0 Å². The highest BCUT2D eigenvalue weighted by Crippen LogP contribution is 2.21. The molecule has 0 aliphatic carbocycles. The zero-order valence-corrected chi connectivity index (χ0v) is 11.0. The maximum absolute atomic E-state index is 11.6. The summed E-state index contributed by atoms with van der Waals surface area (Å²) in [6.07, 6.45) is 0. The third kappa shape index (κ3) is 4.73. The van der Waals surface area contributed by atoms with Gasteiger partial charge in [-0.15, -0.1) is 0 Å². The summed E-state index contributed by atoms with van der Waals surface area (Å²) in [5.41, 5.74) is 1.70. The Labute approximate surface area is 107 Å². The van der Waals surface area contributed by atoms with Crippen molar-refractivity contribution in [2.24, 2.45) is 0 Å². The molecule has 1 N–H and O–H groups in total. The molecule has 0 bridgehead atoms. The van der Waals surface area contributed by atoms with E-state index in [0.717, 1.165) is 11.3 Å². The zero-order valence-electron chi connectivity index (χ0n) is 11.0. The first-order valence-corrected chi connectivity index (χ1v) is 5.68. The van der Waals surface area contributed by atoms with E-state index in [9.17, 15) is 4.79 Å². The number of hydrogen-bond acceptors (Lipinski definition) is 4. The van der Waals surface area contributed by atoms with Gasteiger partial charge in [0.05, 0.1) is 20.3 Å². The third-order valence-electron chi connectivity index (χ3n) is 2.38. The second-order valence-electron chi connectivity index (χ2n) is 3.77. The number of ether oxygens (including phenoxy) is 3. The van der Waals surface area contributed by atoms with Gasteiger partial charge in [0.15, 0.2) is 0 Å². The number of rotatable bonds is 7. The maximum Gasteiger partial charge on any atom is 0.250 e. The first-order chi connectivity index (χ1) is 8.67. The predicted molar refractivity (Wildman–Crippen MR) is 69.1 cm³/mol. The van der Waals surface area contributed by atoms with Crippen molar-refractivity contribution in [3.63, 3.8) is 0 Å². The van der Waals surface area contributed by atoms with Crippen molar-refractivity contribution in [2.45, 2.75) is 6.92 Å². The Hall–Kier alpha value is -1.59. The van der Waals surface area contributed by atoms with E-state index in [2.05, 4.69) is 5.32 Å². The van der Waals surface area contributed by atoms with Gasteiger partial charge in [-0.1, -0.05) is 6.07 Å². The molecule has 0 atom stereocenters. The largest absolute Gasteiger partial charge is 0.497 e. The first-order valence-electron chi connectivity index (χ1n) is 5.68. The molecular weight excluding hydrogens is 234 g/mol. The number of hydrogen-bond donors (Lipinski definition) is 1. The van der Waals surface area contributed by atoms with E-state index in [1.807, 2.05) is 19.1 Å². The van der Waals surface area contributed by atoms with Gasteiger partial charge in [-0.05, 0) is 18.6 Å². The Kier molecular flexibility index (Phi) is 6.18. The van der Waals surface area contributed by atoms with Crippen LogP contribution in [0.5, 0.6) is 5.75 Å². The normalized spacial score (nSPS) is 10.2. The lowest BCUT2D eigenvalue weighted by molar-refractivity contribution is -0.121. The number of anilines is 1. The van der Waals surface area contributed by atoms with Crippen LogP contribution in [0.25, 0.3) is 0 Å². The fraction of sp³-hybridized carbons (Fsp3) is 0.462. The molecule has 0 spiro atoms. The standard InChI is InChI=1S/C13H19NO4/c1-10-4-5-11(17-3)8-12(10)14-13(15)9-18-7-6-16-2/h4-5,8H,6-7,9H2,1-3H3,(H,14,15). The molecule has 1 aromatic rings. The van der Waals surface area contributed by atoms with E-state index in [4.69, 9.17) is 14.2 Å². The summed E-state index contributed by atoms with van der Waals surface area (Å²) in [5.74, 6) is 0.513. The minimum absolute atomic E-state index is 0.0139. The molecule has 100 valence electrons. The van der Waals surface area contributed by atoms with Crippen LogP contribution in [0.15, 0.2) is 18.2 Å². The average Bonchev–Trinajstić information content (AvgIpc) is 2.37. The predicted octanol–water partition coefficient (Wildman–Crippen LogP) is 1.61. The van der Waals surface area contributed by atoms with E-state index in [0.29, 0.717) is 19.0 Å². The van der Waals surface area contributed by atoms with Crippen LogP contribution in [0.3, 0.4) is 0 Å². The highest BCUT2D eigenvalue weighted by atomic mass is 16.5. The van der Waals surface area contributed by atoms with Gasteiger partial charge in [0.1, 0.15) is 12.4 Å². The van der Waals surface area contributed by atoms with E-state index < -0.39 is 0 Å². The second-order valence-corrected chi connectivity index (χ2v) is 3.77. The van der Waals surface area contributed by atoms with E-state index in [1.165, 1.54) is 0 Å². The summed E-state index contributed by atoms with van der Waals surface area (Å²) in [6.45, 7) is 2.81. The number of nitrogens with one attached hydrogen (secondary N) is 1. The molecule has 0 unspecified atom stereocenters. The highest BCUT2D eigenvalue weighted by Gasteiger charge is 2.06. The maximum atomic E-state index is 11.6. The Morgan fingerprint density at radius 1 is 1.28 bits per heavy atom. The lowest BCUT2D eigenvalue weighted by Gasteiger charge is -2.10. The summed E-state index contributed by atoms with van der Waals surface area (Å²) in [5, 5.41) is 2.78. The monoisotopic (exact) mass is 253 g/mol. The fourth-order valence-corrected chi connectivity index (χ4v) is 1.36. The summed E-state index contributed by atoms with van der Waals surface area (Å²) >= 11 is 0. The molecule has 0 radical (unpaired) electrons. The van der Waals surface area contributed by atoms with Crippen LogP contribution in [0, 0.1) is 6.92 Å². The van der Waals surface area contributed by atoms with E-state index >= 15 is 0 Å². The highest BCUT2D eigenvalue weighted by molar-refractivity contribution is 5.92. The number of amides is 1. The quantitative estimate of drug-likeness (QED) is 0.750. The molecule has 0 aliphatic rings. The lowest BCUT2D eigenvalue weighted by atomic mass is 10.2. The Morgan fingerprint density at radius 3 is 2.72 bits per heavy atom. The van der Waals surface area contributed by atoms with Crippen LogP contribution < -0.4 is 10.1 Å². The molecular formula is C13H19NO4. The number of benzene rings is 1. The minimum atomic E-state index is -0.192. The number of aryl methyl sites for hydroxylation is 1. The van der Waals surface area contributed by atoms with Gasteiger partial charge in [0.25, 0.3) is 0 Å². The molecule has 5 heteroatoms. The SMILES string of the molecule is COCCOCC(=O)Nc1cc(OC)ccc1C. The smallest absolute Gasteiger partial charge is 0.250 e. The molecule has 1 rings (SSSR count). The number of carbonyl (C=O) groups excluding carboxylic acids is 1. The third-order valence-corrected chi connectivity index (χ3v) is 2.38. The van der Waals surface area contributed by atoms with Crippen LogP contribution in [0.2, 0.25) is 0 Å². The Balaban J connectivity index is 2.48. The minimum Gasteiger partial charge on any atom is -0.497 e. The van der Waals surface area contributed by atoms with Crippen molar-refractivity contribution < 1.29 is 19.0 Å². The van der Waals surface area contributed by atoms with Crippen molar-refractivity contribution in [3.05, 3.63) is 23.8 Å². The molecule has 1 amide bonds. The molecule has 18 heavy (non-hydrogen) atoms. The molecule has 0 aliphatic heterocycles. The van der Waals surface area contributed by atoms with Crippen molar-refractivity contribution in [1.82, 2.24) is 0 Å². The van der Waals surface area contributed by atoms with Crippen LogP contribution in [0.1, 0.15) is 5.56 Å². The molecule has 0 heterocycles. The average molecular weight is 253 g/mol. The molecule has 0 saturated heterocycles. The number of carbonyl (C=O) groups is 1. The van der Waals surface area contributed by atoms with Gasteiger partial charge in [-0.3, -0.25) is 4.79 Å². The van der Waals surface area contributed by atoms with Crippen LogP contribution >= 0.6 is 0 Å². The molecule has 0 saturated carbocycles. The molecule has 1 aromatic carbocycles. The van der Waals surface area contributed by atoms with Crippen LogP contribution in [-0.2, 0) is 14.3 Å². The van der Waals surface area contributed by atoms with Gasteiger partial charge in [0.2, 0.25) is 5.91 Å². The lowest BCUT2D eigenvalue weighted by Crippen LogP contribution is -2.20. The van der Waals surface area contributed by atoms with Crippen molar-refractivity contribution in [3.8, 4) is 5.75 Å². The number of methoxy groups -OCH3 is 2. The second kappa shape index (κ2) is 7.68. The first kappa shape index (κ1) is 14.5. The van der Waals surface area contributed by atoms with Gasteiger partial charge < -0.3 is 19.5 Å². The molecule has 0 fully saturated rings. The summed E-state index contributed by atoms with van der Waals surface area (Å²) < 4.78 is 15.1. The van der Waals surface area contributed by atoms with Gasteiger partial charge in [0, 0.05) is 18.9 Å². The molecule has 0 aromatic heterocycles. The van der Waals surface area contributed by atoms with Crippen molar-refractivity contribution >= 4 is 11.6 Å². The van der Waals surface area contributed by atoms with Gasteiger partial charge in [-0.25, -0.2) is 0 Å². The summed E-state index contributed by atoms with van der Waals surface area (Å²) in [4.78, 5) is 11.6. The van der Waals surface area contributed by atoms with E-state index in [-0.39, 0.29) is 12.5 Å². The van der Waals surface area contributed by atoms with Crippen molar-refractivity contribution in [2.75, 3.05) is 39.4 Å².